The molecule has 2 N–H and O–H groups in total. The standard InChI is InChI=1S/C20H25N3O2/c1-20(2,3)25-19(24)23-12-7-6-8-16-14-15(11-13-22-16)17-9-4-5-10-18(17)21/h4-5,9-14H,6-8,21H2,1-3H3. The van der Waals surface area contributed by atoms with E-state index in [1.54, 1.807) is 12.4 Å². The van der Waals surface area contributed by atoms with Gasteiger partial charge in [-0.1, -0.05) is 18.2 Å². The molecule has 0 fully saturated rings. The van der Waals surface area contributed by atoms with E-state index in [1.807, 2.05) is 51.1 Å². The molecule has 25 heavy (non-hydrogen) atoms. The van der Waals surface area contributed by atoms with Gasteiger partial charge in [0.15, 0.2) is 0 Å². The number of aryl methyl sites for hydroxylation is 1. The molecule has 0 unspecified atom stereocenters. The largest absolute Gasteiger partial charge is 0.442 e. The lowest BCUT2D eigenvalue weighted by Crippen LogP contribution is -2.21. The van der Waals surface area contributed by atoms with Crippen molar-refractivity contribution < 1.29 is 9.53 Å². The number of unbranched alkanes of at least 4 members (excludes halogenated alkanes) is 1. The predicted molar refractivity (Wildman–Crippen MR) is 102 cm³/mol. The molecule has 0 spiro atoms. The number of hydrogen-bond acceptors (Lipinski definition) is 4. The fraction of sp³-hybridized carbons (Fsp3) is 0.350. The van der Waals surface area contributed by atoms with Gasteiger partial charge in [-0.3, -0.25) is 4.98 Å². The number of benzene rings is 1. The van der Waals surface area contributed by atoms with Crippen molar-refractivity contribution in [1.29, 1.82) is 0 Å². The summed E-state index contributed by atoms with van der Waals surface area (Å²) >= 11 is 0. The highest BCUT2D eigenvalue weighted by Gasteiger charge is 2.14. The first-order valence-electron chi connectivity index (χ1n) is 8.40. The number of nitrogens with two attached hydrogens (primary N) is 1. The van der Waals surface area contributed by atoms with Gasteiger partial charge in [0.05, 0.1) is 0 Å². The molecule has 1 amide bonds. The summed E-state index contributed by atoms with van der Waals surface area (Å²) < 4.78 is 5.12. The van der Waals surface area contributed by atoms with Crippen LogP contribution in [0.15, 0.2) is 47.6 Å². The van der Waals surface area contributed by atoms with Gasteiger partial charge in [-0.15, -0.1) is 0 Å². The quantitative estimate of drug-likeness (QED) is 0.488. The Bertz CT molecular complexity index is 749. The Hall–Kier alpha value is -2.69. The van der Waals surface area contributed by atoms with Crippen molar-refractivity contribution in [2.24, 2.45) is 4.99 Å². The van der Waals surface area contributed by atoms with Crippen molar-refractivity contribution in [2.75, 3.05) is 5.73 Å². The zero-order valence-electron chi connectivity index (χ0n) is 15.0. The first kappa shape index (κ1) is 18.6. The lowest BCUT2D eigenvalue weighted by molar-refractivity contribution is 0.0605. The lowest BCUT2D eigenvalue weighted by Gasteiger charge is -2.17. The Morgan fingerprint density at radius 1 is 1.28 bits per heavy atom. The third-order valence-corrected chi connectivity index (χ3v) is 3.44. The van der Waals surface area contributed by atoms with Crippen LogP contribution in [0, 0.1) is 0 Å². The Balaban J connectivity index is 1.87. The minimum Gasteiger partial charge on any atom is -0.442 e. The molecule has 5 nitrogen and oxygen atoms in total. The van der Waals surface area contributed by atoms with Gasteiger partial charge in [-0.2, -0.15) is 4.99 Å². The fourth-order valence-electron chi connectivity index (χ4n) is 2.34. The van der Waals surface area contributed by atoms with E-state index in [9.17, 15) is 4.79 Å². The Kier molecular flexibility index (Phi) is 6.28. The summed E-state index contributed by atoms with van der Waals surface area (Å²) in [5.74, 6) is 0. The minimum absolute atomic E-state index is 0.516. The second-order valence-corrected chi connectivity index (χ2v) is 6.81. The SMILES string of the molecule is CC(C)(C)OC(=O)N=CCCCc1cc(-c2ccccc2N)ccn1. The summed E-state index contributed by atoms with van der Waals surface area (Å²) in [7, 11) is 0. The molecule has 0 aliphatic carbocycles. The molecule has 0 atom stereocenters. The van der Waals surface area contributed by atoms with Gasteiger partial charge in [0, 0.05) is 29.4 Å². The average molecular weight is 339 g/mol. The van der Waals surface area contributed by atoms with E-state index >= 15 is 0 Å². The van der Waals surface area contributed by atoms with Crippen LogP contribution in [-0.4, -0.2) is 22.9 Å². The summed E-state index contributed by atoms with van der Waals surface area (Å²) in [6.07, 6.45) is 5.21. The molecule has 0 aliphatic heterocycles. The number of pyridine rings is 1. The maximum atomic E-state index is 11.5. The number of nitrogens with zero attached hydrogens (tertiary/aromatic N) is 2. The molecular formula is C20H25N3O2. The van der Waals surface area contributed by atoms with Crippen LogP contribution in [0.3, 0.4) is 0 Å². The third-order valence-electron chi connectivity index (χ3n) is 3.44. The van der Waals surface area contributed by atoms with Crippen LogP contribution in [0.25, 0.3) is 11.1 Å². The smallest absolute Gasteiger partial charge is 0.433 e. The van der Waals surface area contributed by atoms with Gasteiger partial charge in [0.2, 0.25) is 0 Å². The van der Waals surface area contributed by atoms with Gasteiger partial charge >= 0.3 is 6.09 Å². The van der Waals surface area contributed by atoms with Crippen LogP contribution in [0.2, 0.25) is 0 Å². The van der Waals surface area contributed by atoms with Crippen molar-refractivity contribution in [3.63, 3.8) is 0 Å². The van der Waals surface area contributed by atoms with Gasteiger partial charge in [-0.05, 0) is 63.8 Å². The van der Waals surface area contributed by atoms with Crippen LogP contribution in [0.1, 0.15) is 39.3 Å². The van der Waals surface area contributed by atoms with Gasteiger partial charge in [0.1, 0.15) is 5.60 Å². The highest BCUT2D eigenvalue weighted by molar-refractivity contribution is 5.79. The summed E-state index contributed by atoms with van der Waals surface area (Å²) in [6, 6.07) is 11.8. The molecule has 0 radical (unpaired) electrons. The number of carbonyl (C=O) groups is 1. The molecule has 132 valence electrons. The number of rotatable bonds is 5. The van der Waals surface area contributed by atoms with Gasteiger partial charge in [-0.25, -0.2) is 4.79 Å². The Morgan fingerprint density at radius 3 is 2.76 bits per heavy atom. The first-order chi connectivity index (χ1) is 11.8. The van der Waals surface area contributed by atoms with Crippen molar-refractivity contribution in [3.05, 3.63) is 48.3 Å². The molecule has 0 saturated heterocycles. The Morgan fingerprint density at radius 2 is 2.04 bits per heavy atom. The van der Waals surface area contributed by atoms with E-state index < -0.39 is 11.7 Å². The second-order valence-electron chi connectivity index (χ2n) is 6.81. The lowest BCUT2D eigenvalue weighted by atomic mass is 10.0. The first-order valence-corrected chi connectivity index (χ1v) is 8.40. The zero-order chi connectivity index (χ0) is 18.3. The van der Waals surface area contributed by atoms with E-state index in [0.29, 0.717) is 6.42 Å². The number of nitrogen functional groups attached to an aromatic ring is 1. The predicted octanol–water partition coefficient (Wildman–Crippen LogP) is 4.66. The van der Waals surface area contributed by atoms with Crippen LogP contribution < -0.4 is 5.73 Å². The molecular weight excluding hydrogens is 314 g/mol. The van der Waals surface area contributed by atoms with Gasteiger partial charge < -0.3 is 10.5 Å². The van der Waals surface area contributed by atoms with Gasteiger partial charge in [0.25, 0.3) is 0 Å². The van der Waals surface area contributed by atoms with Crippen LogP contribution in [0.5, 0.6) is 0 Å². The fourth-order valence-corrected chi connectivity index (χ4v) is 2.34. The number of ether oxygens (including phenoxy) is 1. The minimum atomic E-state index is -0.549. The molecule has 2 aromatic rings. The van der Waals surface area contributed by atoms with E-state index in [2.05, 4.69) is 16.0 Å². The highest BCUT2D eigenvalue weighted by atomic mass is 16.6. The van der Waals surface area contributed by atoms with E-state index in [-0.39, 0.29) is 0 Å². The molecule has 0 bridgehead atoms. The summed E-state index contributed by atoms with van der Waals surface area (Å²) in [5, 5.41) is 0. The molecule has 0 saturated carbocycles. The monoisotopic (exact) mass is 339 g/mol. The number of carbonyl (C=O) groups excluding carboxylic acids is 1. The third kappa shape index (κ3) is 6.37. The van der Waals surface area contributed by atoms with Crippen LogP contribution in [-0.2, 0) is 11.2 Å². The van der Waals surface area contributed by atoms with Crippen molar-refractivity contribution in [2.45, 2.75) is 45.6 Å². The highest BCUT2D eigenvalue weighted by Crippen LogP contribution is 2.25. The van der Waals surface area contributed by atoms with Crippen LogP contribution in [0.4, 0.5) is 10.5 Å². The number of hydrogen-bond donors (Lipinski definition) is 1. The van der Waals surface area contributed by atoms with E-state index in [1.165, 1.54) is 0 Å². The maximum absolute atomic E-state index is 11.5. The van der Waals surface area contributed by atoms with E-state index in [4.69, 9.17) is 10.5 Å². The number of amides is 1. The van der Waals surface area contributed by atoms with Crippen molar-refractivity contribution in [1.82, 2.24) is 4.98 Å². The van der Waals surface area contributed by atoms with Crippen molar-refractivity contribution >= 4 is 18.0 Å². The molecule has 1 aromatic carbocycles. The normalized spacial score (nSPS) is 11.6. The second kappa shape index (κ2) is 8.42. The zero-order valence-corrected chi connectivity index (χ0v) is 15.0. The molecule has 1 aromatic heterocycles. The van der Waals surface area contributed by atoms with Crippen molar-refractivity contribution in [3.8, 4) is 11.1 Å². The molecule has 0 aliphatic rings. The average Bonchev–Trinajstić information content (AvgIpc) is 2.53. The Labute approximate surface area is 149 Å². The maximum Gasteiger partial charge on any atom is 0.433 e. The van der Waals surface area contributed by atoms with E-state index in [0.717, 1.165) is 35.3 Å². The summed E-state index contributed by atoms with van der Waals surface area (Å²) in [5.41, 5.74) is 9.34. The summed E-state index contributed by atoms with van der Waals surface area (Å²) in [6.45, 7) is 5.45. The number of aliphatic imine (C=N–C) groups is 1. The number of anilines is 1. The number of aromatic nitrogens is 1. The molecule has 2 rings (SSSR count). The topological polar surface area (TPSA) is 77.6 Å². The molecule has 1 heterocycles. The summed E-state index contributed by atoms with van der Waals surface area (Å²) in [4.78, 5) is 19.7. The molecule has 5 heteroatoms. The number of para-hydroxylation sites is 1. The van der Waals surface area contributed by atoms with Crippen LogP contribution >= 0.6 is 0 Å².